The Morgan fingerprint density at radius 2 is 2.04 bits per heavy atom. The molecule has 6 nitrogen and oxygen atoms in total. The Morgan fingerprint density at radius 3 is 2.78 bits per heavy atom. The van der Waals surface area contributed by atoms with Gasteiger partial charge in [0.1, 0.15) is 15.6 Å². The largest absolute Gasteiger partial charge is 0.319 e. The summed E-state index contributed by atoms with van der Waals surface area (Å²) in [6, 6.07) is 12.7. The number of carbonyl (C=O) groups excluding carboxylic acids is 1. The lowest BCUT2D eigenvalue weighted by Gasteiger charge is -2.12. The third-order valence-electron chi connectivity index (χ3n) is 3.86. The fourth-order valence-corrected chi connectivity index (χ4v) is 3.83. The van der Waals surface area contributed by atoms with Crippen LogP contribution in [-0.4, -0.2) is 25.7 Å². The van der Waals surface area contributed by atoms with Crippen molar-refractivity contribution < 1.29 is 4.79 Å². The second-order valence-electron chi connectivity index (χ2n) is 5.69. The van der Waals surface area contributed by atoms with E-state index in [0.29, 0.717) is 32.0 Å². The van der Waals surface area contributed by atoms with Gasteiger partial charge >= 0.3 is 0 Å². The van der Waals surface area contributed by atoms with Crippen LogP contribution >= 0.6 is 22.9 Å². The van der Waals surface area contributed by atoms with Crippen LogP contribution in [0.25, 0.3) is 16.4 Å². The van der Waals surface area contributed by atoms with Crippen molar-refractivity contribution in [2.45, 2.75) is 6.92 Å². The predicted octanol–water partition coefficient (Wildman–Crippen LogP) is 4.60. The number of anilines is 1. The second-order valence-corrected chi connectivity index (χ2v) is 7.10. The zero-order valence-electron chi connectivity index (χ0n) is 14.3. The Bertz CT molecular complexity index is 1090. The smallest absolute Gasteiger partial charge is 0.267 e. The highest BCUT2D eigenvalue weighted by Gasteiger charge is 2.19. The molecule has 0 saturated carbocycles. The Labute approximate surface area is 164 Å². The molecule has 0 bridgehead atoms. The fraction of sp³-hybridized carbons (Fsp3) is 0.0526. The van der Waals surface area contributed by atoms with Crippen molar-refractivity contribution >= 4 is 34.5 Å². The number of rotatable bonds is 4. The maximum atomic E-state index is 12.9. The van der Waals surface area contributed by atoms with E-state index in [-0.39, 0.29) is 5.91 Å². The van der Waals surface area contributed by atoms with Crippen LogP contribution < -0.4 is 5.32 Å². The van der Waals surface area contributed by atoms with Gasteiger partial charge in [0, 0.05) is 18.6 Å². The number of benzene rings is 1. The summed E-state index contributed by atoms with van der Waals surface area (Å²) in [4.78, 5) is 22.2. The van der Waals surface area contributed by atoms with Gasteiger partial charge in [-0.2, -0.15) is 5.10 Å². The number of hydrogen-bond donors (Lipinski definition) is 1. The van der Waals surface area contributed by atoms with Gasteiger partial charge < -0.3 is 5.32 Å². The number of pyridine rings is 1. The first-order valence-electron chi connectivity index (χ1n) is 8.12. The second kappa shape index (κ2) is 7.30. The van der Waals surface area contributed by atoms with Gasteiger partial charge in [0.15, 0.2) is 0 Å². The molecule has 0 fully saturated rings. The monoisotopic (exact) mass is 395 g/mol. The number of aromatic nitrogens is 4. The van der Waals surface area contributed by atoms with Crippen molar-refractivity contribution in [3.8, 4) is 16.4 Å². The minimum atomic E-state index is -0.247. The van der Waals surface area contributed by atoms with Crippen LogP contribution in [-0.2, 0) is 0 Å². The lowest BCUT2D eigenvalue weighted by Crippen LogP contribution is -2.14. The summed E-state index contributed by atoms with van der Waals surface area (Å²) in [6.45, 7) is 1.81. The number of nitrogens with zero attached hydrogens (tertiary/aromatic N) is 4. The number of thiazole rings is 1. The highest BCUT2D eigenvalue weighted by atomic mass is 35.5. The molecule has 0 radical (unpaired) electrons. The summed E-state index contributed by atoms with van der Waals surface area (Å²) in [5, 5.41) is 8.34. The van der Waals surface area contributed by atoms with Crippen LogP contribution in [0.4, 0.5) is 5.69 Å². The minimum absolute atomic E-state index is 0.247. The van der Waals surface area contributed by atoms with Gasteiger partial charge in [-0.15, -0.1) is 11.3 Å². The van der Waals surface area contributed by atoms with Crippen LogP contribution in [0.3, 0.4) is 0 Å². The summed E-state index contributed by atoms with van der Waals surface area (Å²) in [5.41, 5.74) is 2.58. The van der Waals surface area contributed by atoms with E-state index in [9.17, 15) is 4.79 Å². The maximum absolute atomic E-state index is 12.9. The third kappa shape index (κ3) is 3.47. The van der Waals surface area contributed by atoms with E-state index < -0.39 is 0 Å². The number of amides is 1. The Kier molecular flexibility index (Phi) is 4.70. The molecule has 0 aliphatic rings. The molecule has 0 aliphatic carbocycles. The zero-order chi connectivity index (χ0) is 18.8. The standard InChI is InChI=1S/C19H14ClN5OS/c1-12-17(27-19(23-12)15-7-2-3-9-21-15)18(26)24-14-8-4-6-13(20)16(14)25-11-5-10-22-25/h2-11H,1H3,(H,24,26). The molecule has 0 atom stereocenters. The fourth-order valence-electron chi connectivity index (χ4n) is 2.64. The number of para-hydroxylation sites is 1. The summed E-state index contributed by atoms with van der Waals surface area (Å²) in [5.74, 6) is -0.247. The zero-order valence-corrected chi connectivity index (χ0v) is 15.8. The van der Waals surface area contributed by atoms with Gasteiger partial charge in [0.05, 0.1) is 22.1 Å². The molecule has 134 valence electrons. The molecular formula is C19H14ClN5OS. The lowest BCUT2D eigenvalue weighted by molar-refractivity contribution is 0.103. The lowest BCUT2D eigenvalue weighted by atomic mass is 10.2. The van der Waals surface area contributed by atoms with E-state index in [1.807, 2.05) is 25.1 Å². The molecule has 0 saturated heterocycles. The van der Waals surface area contributed by atoms with E-state index in [1.54, 1.807) is 47.5 Å². The van der Waals surface area contributed by atoms with Crippen molar-refractivity contribution in [1.29, 1.82) is 0 Å². The Morgan fingerprint density at radius 1 is 1.15 bits per heavy atom. The molecule has 1 amide bonds. The molecule has 1 N–H and O–H groups in total. The van der Waals surface area contributed by atoms with Gasteiger partial charge in [-0.25, -0.2) is 9.67 Å². The van der Waals surface area contributed by atoms with Gasteiger partial charge in [-0.1, -0.05) is 23.7 Å². The first-order valence-corrected chi connectivity index (χ1v) is 9.31. The van der Waals surface area contributed by atoms with Crippen molar-refractivity contribution in [3.63, 3.8) is 0 Å². The van der Waals surface area contributed by atoms with E-state index in [4.69, 9.17) is 11.6 Å². The van der Waals surface area contributed by atoms with Gasteiger partial charge in [-0.05, 0) is 37.3 Å². The van der Waals surface area contributed by atoms with Gasteiger partial charge in [-0.3, -0.25) is 9.78 Å². The molecular weight excluding hydrogens is 382 g/mol. The topological polar surface area (TPSA) is 72.7 Å². The molecule has 0 aliphatic heterocycles. The number of nitrogens with one attached hydrogen (secondary N) is 1. The van der Waals surface area contributed by atoms with E-state index in [2.05, 4.69) is 20.4 Å². The third-order valence-corrected chi connectivity index (χ3v) is 5.34. The molecule has 27 heavy (non-hydrogen) atoms. The molecule has 0 unspecified atom stereocenters. The number of aryl methyl sites for hydroxylation is 1. The van der Waals surface area contributed by atoms with Crippen molar-refractivity contribution in [3.05, 3.63) is 76.6 Å². The van der Waals surface area contributed by atoms with Gasteiger partial charge in [0.25, 0.3) is 5.91 Å². The molecule has 8 heteroatoms. The molecule has 1 aromatic carbocycles. The SMILES string of the molecule is Cc1nc(-c2ccccn2)sc1C(=O)Nc1cccc(Cl)c1-n1cccn1. The normalized spacial score (nSPS) is 10.7. The minimum Gasteiger partial charge on any atom is -0.319 e. The Hall–Kier alpha value is -3.03. The number of halogens is 1. The van der Waals surface area contributed by atoms with E-state index in [0.717, 1.165) is 5.69 Å². The molecule has 4 rings (SSSR count). The average molecular weight is 396 g/mol. The summed E-state index contributed by atoms with van der Waals surface area (Å²) < 4.78 is 1.62. The van der Waals surface area contributed by atoms with Crippen LogP contribution in [0.2, 0.25) is 5.02 Å². The van der Waals surface area contributed by atoms with Crippen molar-refractivity contribution in [1.82, 2.24) is 19.7 Å². The number of hydrogen-bond acceptors (Lipinski definition) is 5. The Balaban J connectivity index is 1.67. The van der Waals surface area contributed by atoms with Crippen LogP contribution in [0.1, 0.15) is 15.4 Å². The van der Waals surface area contributed by atoms with Crippen molar-refractivity contribution in [2.75, 3.05) is 5.32 Å². The summed E-state index contributed by atoms with van der Waals surface area (Å²) in [7, 11) is 0. The summed E-state index contributed by atoms with van der Waals surface area (Å²) >= 11 is 7.64. The highest BCUT2D eigenvalue weighted by Crippen LogP contribution is 2.30. The first kappa shape index (κ1) is 17.4. The molecule has 0 spiro atoms. The highest BCUT2D eigenvalue weighted by molar-refractivity contribution is 7.17. The van der Waals surface area contributed by atoms with E-state index in [1.165, 1.54) is 11.3 Å². The van der Waals surface area contributed by atoms with Crippen LogP contribution in [0, 0.1) is 6.92 Å². The van der Waals surface area contributed by atoms with Crippen molar-refractivity contribution in [2.24, 2.45) is 0 Å². The molecule has 4 aromatic rings. The van der Waals surface area contributed by atoms with Crippen LogP contribution in [0.15, 0.2) is 61.1 Å². The maximum Gasteiger partial charge on any atom is 0.267 e. The summed E-state index contributed by atoms with van der Waals surface area (Å²) in [6.07, 6.45) is 5.13. The molecule has 3 heterocycles. The first-order chi connectivity index (χ1) is 13.1. The van der Waals surface area contributed by atoms with E-state index >= 15 is 0 Å². The predicted molar refractivity (Wildman–Crippen MR) is 107 cm³/mol. The number of carbonyl (C=O) groups is 1. The average Bonchev–Trinajstić information content (AvgIpc) is 3.32. The van der Waals surface area contributed by atoms with Gasteiger partial charge in [0.2, 0.25) is 0 Å². The molecule has 3 aromatic heterocycles. The quantitative estimate of drug-likeness (QED) is 0.547. The van der Waals surface area contributed by atoms with Crippen LogP contribution in [0.5, 0.6) is 0 Å².